The molecule has 1 aliphatic carbocycles. The molecule has 0 saturated heterocycles. The lowest BCUT2D eigenvalue weighted by Gasteiger charge is -2.33. The SMILES string of the molecule is COc1ccc(CCNC(=O)C2(C#N)CCC2)cc1Br. The molecule has 5 heteroatoms. The molecule has 4 nitrogen and oxygen atoms in total. The average molecular weight is 337 g/mol. The van der Waals surface area contributed by atoms with Gasteiger partial charge in [0.25, 0.3) is 0 Å². The number of nitriles is 1. The normalized spacial score (nSPS) is 15.8. The first-order valence-electron chi connectivity index (χ1n) is 6.63. The third kappa shape index (κ3) is 2.96. The largest absolute Gasteiger partial charge is 0.496 e. The Kier molecular flexibility index (Phi) is 4.66. The van der Waals surface area contributed by atoms with Crippen LogP contribution in [0.4, 0.5) is 0 Å². The average Bonchev–Trinajstić information content (AvgIpc) is 2.38. The highest BCUT2D eigenvalue weighted by atomic mass is 79.9. The number of carbonyl (C=O) groups is 1. The molecule has 1 saturated carbocycles. The van der Waals surface area contributed by atoms with Gasteiger partial charge in [0.05, 0.1) is 17.7 Å². The van der Waals surface area contributed by atoms with Gasteiger partial charge in [0.2, 0.25) is 5.91 Å². The maximum Gasteiger partial charge on any atom is 0.240 e. The summed E-state index contributed by atoms with van der Waals surface area (Å²) < 4.78 is 6.07. The number of nitrogens with zero attached hydrogens (tertiary/aromatic N) is 1. The minimum Gasteiger partial charge on any atom is -0.496 e. The molecule has 1 fully saturated rings. The zero-order chi connectivity index (χ0) is 14.6. The van der Waals surface area contributed by atoms with Crippen LogP contribution >= 0.6 is 15.9 Å². The number of rotatable bonds is 5. The highest BCUT2D eigenvalue weighted by molar-refractivity contribution is 9.10. The third-order valence-electron chi connectivity index (χ3n) is 3.77. The van der Waals surface area contributed by atoms with Gasteiger partial charge in [-0.15, -0.1) is 0 Å². The quantitative estimate of drug-likeness (QED) is 0.899. The zero-order valence-electron chi connectivity index (χ0n) is 11.4. The van der Waals surface area contributed by atoms with Gasteiger partial charge in [0.1, 0.15) is 11.2 Å². The number of carbonyl (C=O) groups excluding carboxylic acids is 1. The lowest BCUT2D eigenvalue weighted by Crippen LogP contribution is -2.45. The maximum atomic E-state index is 12.0. The third-order valence-corrected chi connectivity index (χ3v) is 4.39. The first kappa shape index (κ1) is 14.9. The van der Waals surface area contributed by atoms with Gasteiger partial charge in [-0.25, -0.2) is 0 Å². The van der Waals surface area contributed by atoms with E-state index in [1.54, 1.807) is 7.11 Å². The lowest BCUT2D eigenvalue weighted by molar-refractivity contribution is -0.131. The standard InChI is InChI=1S/C15H17BrN2O2/c1-20-13-4-3-11(9-12(13)16)5-8-18-14(19)15(10-17)6-2-7-15/h3-4,9H,2,5-8H2,1H3,(H,18,19). The molecule has 0 radical (unpaired) electrons. The van der Waals surface area contributed by atoms with Crippen LogP contribution in [0.5, 0.6) is 5.75 Å². The van der Waals surface area contributed by atoms with Crippen molar-refractivity contribution in [3.05, 3.63) is 28.2 Å². The monoisotopic (exact) mass is 336 g/mol. The predicted molar refractivity (Wildman–Crippen MR) is 79.3 cm³/mol. The van der Waals surface area contributed by atoms with E-state index in [9.17, 15) is 4.79 Å². The van der Waals surface area contributed by atoms with E-state index < -0.39 is 5.41 Å². The van der Waals surface area contributed by atoms with E-state index in [4.69, 9.17) is 10.00 Å². The molecule has 106 valence electrons. The molecule has 1 aromatic rings. The van der Waals surface area contributed by atoms with Crippen molar-refractivity contribution in [2.45, 2.75) is 25.7 Å². The summed E-state index contributed by atoms with van der Waals surface area (Å²) in [6.07, 6.45) is 3.06. The molecule has 0 spiro atoms. The highest BCUT2D eigenvalue weighted by Gasteiger charge is 2.44. The van der Waals surface area contributed by atoms with Gasteiger partial charge < -0.3 is 10.1 Å². The summed E-state index contributed by atoms with van der Waals surface area (Å²) in [5, 5.41) is 12.0. The molecule has 0 heterocycles. The van der Waals surface area contributed by atoms with Crippen molar-refractivity contribution in [2.24, 2.45) is 5.41 Å². The number of nitrogens with one attached hydrogen (secondary N) is 1. The number of benzene rings is 1. The Balaban J connectivity index is 1.86. The van der Waals surface area contributed by atoms with Crippen LogP contribution < -0.4 is 10.1 Å². The van der Waals surface area contributed by atoms with Crippen LogP contribution in [-0.4, -0.2) is 19.6 Å². The molecule has 1 N–H and O–H groups in total. The van der Waals surface area contributed by atoms with E-state index >= 15 is 0 Å². The maximum absolute atomic E-state index is 12.0. The van der Waals surface area contributed by atoms with E-state index in [2.05, 4.69) is 27.3 Å². The fourth-order valence-corrected chi connectivity index (χ4v) is 2.86. The summed E-state index contributed by atoms with van der Waals surface area (Å²) in [5.74, 6) is 0.662. The van der Waals surface area contributed by atoms with Crippen molar-refractivity contribution in [3.8, 4) is 11.8 Å². The second kappa shape index (κ2) is 6.27. The van der Waals surface area contributed by atoms with E-state index in [-0.39, 0.29) is 5.91 Å². The molecule has 1 amide bonds. The highest BCUT2D eigenvalue weighted by Crippen LogP contribution is 2.40. The van der Waals surface area contributed by atoms with Crippen molar-refractivity contribution < 1.29 is 9.53 Å². The lowest BCUT2D eigenvalue weighted by atomic mass is 9.69. The first-order chi connectivity index (χ1) is 9.61. The molecule has 2 rings (SSSR count). The Labute approximate surface area is 127 Å². The molecule has 1 aliphatic rings. The summed E-state index contributed by atoms with van der Waals surface area (Å²) in [6.45, 7) is 0.543. The van der Waals surface area contributed by atoms with Crippen molar-refractivity contribution in [2.75, 3.05) is 13.7 Å². The van der Waals surface area contributed by atoms with Gasteiger partial charge in [0, 0.05) is 6.54 Å². The van der Waals surface area contributed by atoms with Gasteiger partial charge in [-0.3, -0.25) is 4.79 Å². The molecule has 0 unspecified atom stereocenters. The number of hydrogen-bond acceptors (Lipinski definition) is 3. The summed E-state index contributed by atoms with van der Waals surface area (Å²) in [7, 11) is 1.62. The number of ether oxygens (including phenoxy) is 1. The predicted octanol–water partition coefficient (Wildman–Crippen LogP) is 2.81. The molecular formula is C15H17BrN2O2. The van der Waals surface area contributed by atoms with Crippen LogP contribution in [0.3, 0.4) is 0 Å². The smallest absolute Gasteiger partial charge is 0.240 e. The van der Waals surface area contributed by atoms with Gasteiger partial charge in [-0.1, -0.05) is 6.07 Å². The van der Waals surface area contributed by atoms with Gasteiger partial charge >= 0.3 is 0 Å². The van der Waals surface area contributed by atoms with Crippen molar-refractivity contribution in [1.82, 2.24) is 5.32 Å². The topological polar surface area (TPSA) is 62.1 Å². The van der Waals surface area contributed by atoms with Crippen LogP contribution in [0.2, 0.25) is 0 Å². The number of halogens is 1. The first-order valence-corrected chi connectivity index (χ1v) is 7.42. The number of methoxy groups -OCH3 is 1. The van der Waals surface area contributed by atoms with Crippen molar-refractivity contribution >= 4 is 21.8 Å². The van der Waals surface area contributed by atoms with Crippen LogP contribution in [-0.2, 0) is 11.2 Å². The molecule has 0 bridgehead atoms. The van der Waals surface area contributed by atoms with Crippen molar-refractivity contribution in [3.63, 3.8) is 0 Å². The minimum atomic E-state index is -0.763. The minimum absolute atomic E-state index is 0.126. The van der Waals surface area contributed by atoms with Crippen LogP contribution in [0, 0.1) is 16.7 Å². The zero-order valence-corrected chi connectivity index (χ0v) is 13.0. The van der Waals surface area contributed by atoms with E-state index in [1.165, 1.54) is 0 Å². The molecule has 0 atom stereocenters. The molecule has 0 aliphatic heterocycles. The fourth-order valence-electron chi connectivity index (χ4n) is 2.27. The van der Waals surface area contributed by atoms with E-state index in [0.717, 1.165) is 28.6 Å². The number of hydrogen-bond donors (Lipinski definition) is 1. The van der Waals surface area contributed by atoms with Gasteiger partial charge in [-0.05, 0) is 59.3 Å². The Morgan fingerprint density at radius 1 is 1.55 bits per heavy atom. The Hall–Kier alpha value is -1.54. The van der Waals surface area contributed by atoms with Gasteiger partial charge in [-0.2, -0.15) is 5.26 Å². The summed E-state index contributed by atoms with van der Waals surface area (Å²) in [6, 6.07) is 8.00. The van der Waals surface area contributed by atoms with Crippen LogP contribution in [0.25, 0.3) is 0 Å². The second-order valence-corrected chi connectivity index (χ2v) is 5.88. The molecule has 1 aromatic carbocycles. The summed E-state index contributed by atoms with van der Waals surface area (Å²) in [5.41, 5.74) is 0.345. The summed E-state index contributed by atoms with van der Waals surface area (Å²) >= 11 is 3.44. The molecule has 0 aromatic heterocycles. The molecular weight excluding hydrogens is 320 g/mol. The number of amides is 1. The fraction of sp³-hybridized carbons (Fsp3) is 0.467. The van der Waals surface area contributed by atoms with E-state index in [0.29, 0.717) is 19.4 Å². The Morgan fingerprint density at radius 3 is 2.80 bits per heavy atom. The van der Waals surface area contributed by atoms with Gasteiger partial charge in [0.15, 0.2) is 0 Å². The molecule has 20 heavy (non-hydrogen) atoms. The van der Waals surface area contributed by atoms with Crippen LogP contribution in [0.15, 0.2) is 22.7 Å². The Bertz CT molecular complexity index is 547. The van der Waals surface area contributed by atoms with Crippen molar-refractivity contribution in [1.29, 1.82) is 5.26 Å². The second-order valence-electron chi connectivity index (χ2n) is 5.02. The Morgan fingerprint density at radius 2 is 2.30 bits per heavy atom. The van der Waals surface area contributed by atoms with E-state index in [1.807, 2.05) is 18.2 Å². The van der Waals surface area contributed by atoms with Crippen LogP contribution in [0.1, 0.15) is 24.8 Å². The summed E-state index contributed by atoms with van der Waals surface area (Å²) in [4.78, 5) is 12.0.